The van der Waals surface area contributed by atoms with Gasteiger partial charge in [-0.3, -0.25) is 4.57 Å². The summed E-state index contributed by atoms with van der Waals surface area (Å²) in [6.07, 6.45) is 0. The lowest BCUT2D eigenvalue weighted by molar-refractivity contribution is 0.214. The van der Waals surface area contributed by atoms with E-state index in [-0.39, 0.29) is 13.2 Å². The molecule has 0 saturated carbocycles. The molecule has 2 aromatic carbocycles. The molecule has 1 atom stereocenters. The number of nitrogens with one attached hydrogen (secondary N) is 1. The number of anilines is 1. The van der Waals surface area contributed by atoms with Crippen LogP contribution in [0.4, 0.5) is 5.69 Å². The molecule has 26 heavy (non-hydrogen) atoms. The highest BCUT2D eigenvalue weighted by Crippen LogP contribution is 2.60. The third kappa shape index (κ3) is 5.01. The van der Waals surface area contributed by atoms with Crippen LogP contribution in [0.3, 0.4) is 0 Å². The normalized spacial score (nSPS) is 12.5. The van der Waals surface area contributed by atoms with Gasteiger partial charge in [0.25, 0.3) is 0 Å². The summed E-state index contributed by atoms with van der Waals surface area (Å²) in [5.41, 5.74) is 1.57. The van der Waals surface area contributed by atoms with Gasteiger partial charge in [0.05, 0.1) is 27.4 Å². The van der Waals surface area contributed by atoms with Crippen molar-refractivity contribution in [3.05, 3.63) is 54.1 Å². The average molecular weight is 379 g/mol. The Kier molecular flexibility index (Phi) is 7.51. The summed E-state index contributed by atoms with van der Waals surface area (Å²) in [7, 11) is -0.226. The first-order valence-corrected chi connectivity index (χ1v) is 10.1. The molecule has 7 heteroatoms. The van der Waals surface area contributed by atoms with Gasteiger partial charge in [-0.05, 0) is 55.8 Å². The molecule has 0 aromatic heterocycles. The molecule has 0 bridgehead atoms. The van der Waals surface area contributed by atoms with Gasteiger partial charge in [-0.25, -0.2) is 0 Å². The Balaban J connectivity index is 2.39. The molecular formula is C19H26NO5P. The Morgan fingerprint density at radius 1 is 0.846 bits per heavy atom. The second kappa shape index (κ2) is 9.62. The van der Waals surface area contributed by atoms with Crippen molar-refractivity contribution < 1.29 is 23.1 Å². The van der Waals surface area contributed by atoms with Crippen LogP contribution in [0.1, 0.15) is 25.2 Å². The minimum atomic E-state index is -3.44. The van der Waals surface area contributed by atoms with Crippen molar-refractivity contribution in [3.63, 3.8) is 0 Å². The maximum Gasteiger partial charge on any atom is 0.357 e. The number of rotatable bonds is 10. The summed E-state index contributed by atoms with van der Waals surface area (Å²) in [5, 5.41) is 3.28. The highest BCUT2D eigenvalue weighted by Gasteiger charge is 2.37. The van der Waals surface area contributed by atoms with E-state index >= 15 is 0 Å². The van der Waals surface area contributed by atoms with E-state index in [0.717, 1.165) is 22.7 Å². The number of hydrogen-bond donors (Lipinski definition) is 1. The molecule has 2 rings (SSSR count). The van der Waals surface area contributed by atoms with Crippen LogP contribution in [0.15, 0.2) is 48.5 Å². The topological polar surface area (TPSA) is 66.0 Å². The van der Waals surface area contributed by atoms with E-state index in [1.807, 2.05) is 48.5 Å². The number of ether oxygens (including phenoxy) is 2. The Morgan fingerprint density at radius 2 is 1.31 bits per heavy atom. The fourth-order valence-electron chi connectivity index (χ4n) is 2.52. The first-order valence-electron chi connectivity index (χ1n) is 8.49. The van der Waals surface area contributed by atoms with Crippen LogP contribution in [0.5, 0.6) is 11.5 Å². The van der Waals surface area contributed by atoms with Gasteiger partial charge in [0.2, 0.25) is 0 Å². The Hall–Kier alpha value is -2.01. The van der Waals surface area contributed by atoms with Gasteiger partial charge in [-0.2, -0.15) is 0 Å². The fraction of sp³-hybridized carbons (Fsp3) is 0.368. The first kappa shape index (κ1) is 20.3. The van der Waals surface area contributed by atoms with Crippen LogP contribution < -0.4 is 14.8 Å². The fourth-order valence-corrected chi connectivity index (χ4v) is 4.46. The Labute approximate surface area is 155 Å². The summed E-state index contributed by atoms with van der Waals surface area (Å²) in [6.45, 7) is 4.16. The van der Waals surface area contributed by atoms with Crippen molar-refractivity contribution in [1.29, 1.82) is 0 Å². The van der Waals surface area contributed by atoms with E-state index < -0.39 is 13.4 Å². The second-order valence-electron chi connectivity index (χ2n) is 5.42. The molecule has 0 aliphatic rings. The van der Waals surface area contributed by atoms with Crippen molar-refractivity contribution in [2.75, 3.05) is 32.8 Å². The third-order valence-corrected chi connectivity index (χ3v) is 6.06. The summed E-state index contributed by atoms with van der Waals surface area (Å²) in [6, 6.07) is 14.7. The van der Waals surface area contributed by atoms with Crippen LogP contribution >= 0.6 is 7.60 Å². The van der Waals surface area contributed by atoms with E-state index in [0.29, 0.717) is 0 Å². The molecule has 1 unspecified atom stereocenters. The summed E-state index contributed by atoms with van der Waals surface area (Å²) >= 11 is 0. The molecule has 0 saturated heterocycles. The summed E-state index contributed by atoms with van der Waals surface area (Å²) in [5.74, 6) is 0.815. The predicted octanol–water partition coefficient (Wildman–Crippen LogP) is 5.08. The monoisotopic (exact) mass is 379 g/mol. The molecule has 142 valence electrons. The van der Waals surface area contributed by atoms with Crippen LogP contribution in [0.25, 0.3) is 0 Å². The van der Waals surface area contributed by atoms with Crippen LogP contribution in [-0.4, -0.2) is 27.4 Å². The van der Waals surface area contributed by atoms with Crippen molar-refractivity contribution in [3.8, 4) is 11.5 Å². The van der Waals surface area contributed by atoms with Crippen molar-refractivity contribution >= 4 is 13.3 Å². The predicted molar refractivity (Wildman–Crippen MR) is 103 cm³/mol. The van der Waals surface area contributed by atoms with Crippen molar-refractivity contribution in [2.24, 2.45) is 0 Å². The van der Waals surface area contributed by atoms with Crippen molar-refractivity contribution in [1.82, 2.24) is 0 Å². The zero-order valence-electron chi connectivity index (χ0n) is 15.6. The third-order valence-electron chi connectivity index (χ3n) is 3.76. The lowest BCUT2D eigenvalue weighted by atomic mass is 10.2. The van der Waals surface area contributed by atoms with E-state index in [1.165, 1.54) is 0 Å². The summed E-state index contributed by atoms with van der Waals surface area (Å²) < 4.78 is 35.0. The maximum absolute atomic E-state index is 13.4. The van der Waals surface area contributed by atoms with Gasteiger partial charge in [-0.1, -0.05) is 12.1 Å². The number of hydrogen-bond acceptors (Lipinski definition) is 6. The standard InChI is InChI=1S/C19H26NO5P/c1-5-24-26(21,25-6-2)19(15-7-11-17(22-3)12-8-15)20-16-9-13-18(23-4)14-10-16/h7-14,19-20H,5-6H2,1-4H3. The zero-order chi connectivity index (χ0) is 19.0. The molecule has 0 aliphatic heterocycles. The largest absolute Gasteiger partial charge is 0.497 e. The Bertz CT molecular complexity index is 708. The lowest BCUT2D eigenvalue weighted by Gasteiger charge is -2.28. The number of methoxy groups -OCH3 is 2. The molecule has 2 aromatic rings. The van der Waals surface area contributed by atoms with Crippen LogP contribution in [-0.2, 0) is 13.6 Å². The molecule has 0 fully saturated rings. The van der Waals surface area contributed by atoms with Gasteiger partial charge in [0.15, 0.2) is 5.78 Å². The van der Waals surface area contributed by atoms with E-state index in [1.54, 1.807) is 28.1 Å². The lowest BCUT2D eigenvalue weighted by Crippen LogP contribution is -2.15. The molecule has 0 spiro atoms. The van der Waals surface area contributed by atoms with Gasteiger partial charge < -0.3 is 23.8 Å². The van der Waals surface area contributed by atoms with Crippen molar-refractivity contribution in [2.45, 2.75) is 19.6 Å². The maximum atomic E-state index is 13.4. The average Bonchev–Trinajstić information content (AvgIpc) is 2.67. The first-order chi connectivity index (χ1) is 12.6. The SMILES string of the molecule is CCOP(=O)(OCC)C(Nc1ccc(OC)cc1)c1ccc(OC)cc1. The van der Waals surface area contributed by atoms with Crippen LogP contribution in [0, 0.1) is 0 Å². The molecule has 0 amide bonds. The molecule has 1 N–H and O–H groups in total. The van der Waals surface area contributed by atoms with Gasteiger partial charge >= 0.3 is 7.60 Å². The Morgan fingerprint density at radius 3 is 1.73 bits per heavy atom. The second-order valence-corrected chi connectivity index (χ2v) is 7.54. The zero-order valence-corrected chi connectivity index (χ0v) is 16.5. The minimum Gasteiger partial charge on any atom is -0.497 e. The summed E-state index contributed by atoms with van der Waals surface area (Å²) in [4.78, 5) is 0. The minimum absolute atomic E-state index is 0.286. The van der Waals surface area contributed by atoms with E-state index in [4.69, 9.17) is 18.5 Å². The molecular weight excluding hydrogens is 353 g/mol. The molecule has 6 nitrogen and oxygen atoms in total. The molecule has 0 heterocycles. The molecule has 0 aliphatic carbocycles. The van der Waals surface area contributed by atoms with E-state index in [2.05, 4.69) is 5.32 Å². The number of benzene rings is 2. The van der Waals surface area contributed by atoms with Gasteiger partial charge in [0, 0.05) is 5.69 Å². The highest BCUT2D eigenvalue weighted by molar-refractivity contribution is 7.54. The quantitative estimate of drug-likeness (QED) is 0.581. The van der Waals surface area contributed by atoms with E-state index in [9.17, 15) is 4.57 Å². The van der Waals surface area contributed by atoms with Gasteiger partial charge in [0.1, 0.15) is 11.5 Å². The van der Waals surface area contributed by atoms with Gasteiger partial charge in [-0.15, -0.1) is 0 Å². The highest BCUT2D eigenvalue weighted by atomic mass is 31.2. The van der Waals surface area contributed by atoms with Crippen LogP contribution in [0.2, 0.25) is 0 Å². The smallest absolute Gasteiger partial charge is 0.357 e. The molecule has 0 radical (unpaired) electrons.